The van der Waals surface area contributed by atoms with Gasteiger partial charge < -0.3 is 5.32 Å². The van der Waals surface area contributed by atoms with E-state index in [0.29, 0.717) is 12.1 Å². The zero-order valence-electron chi connectivity index (χ0n) is 11.3. The van der Waals surface area contributed by atoms with E-state index >= 15 is 0 Å². The molecule has 2 rings (SSSR count). The second-order valence-electron chi connectivity index (χ2n) is 4.95. The summed E-state index contributed by atoms with van der Waals surface area (Å²) in [5.41, 5.74) is 2.79. The molecule has 0 saturated carbocycles. The maximum atomic E-state index is 3.68. The topological polar surface area (TPSA) is 12.0 Å². The highest BCUT2D eigenvalue weighted by Crippen LogP contribution is 2.24. The Morgan fingerprint density at radius 2 is 1.83 bits per heavy atom. The molecule has 0 spiro atoms. The minimum Gasteiger partial charge on any atom is -0.307 e. The standard InChI is InChI=1S/C16H21NS/c1-12-9-10-18-16(12)14(3)17-13(2)11-15-7-5-4-6-8-15/h4-10,13-14,17H,11H2,1-3H3. The van der Waals surface area contributed by atoms with Crippen LogP contribution in [0.4, 0.5) is 0 Å². The van der Waals surface area contributed by atoms with E-state index in [1.807, 2.05) is 11.3 Å². The van der Waals surface area contributed by atoms with Gasteiger partial charge in [-0.1, -0.05) is 30.3 Å². The first-order chi connectivity index (χ1) is 8.66. The molecule has 1 N–H and O–H groups in total. The zero-order chi connectivity index (χ0) is 13.0. The van der Waals surface area contributed by atoms with Crippen LogP contribution in [0, 0.1) is 6.92 Å². The van der Waals surface area contributed by atoms with Gasteiger partial charge in [0.05, 0.1) is 0 Å². The molecule has 0 aliphatic rings. The second kappa shape index (κ2) is 6.17. The molecule has 0 aliphatic carbocycles. The van der Waals surface area contributed by atoms with E-state index in [1.165, 1.54) is 16.0 Å². The van der Waals surface area contributed by atoms with Crippen molar-refractivity contribution < 1.29 is 0 Å². The summed E-state index contributed by atoms with van der Waals surface area (Å²) in [6.45, 7) is 6.69. The molecule has 1 heterocycles. The van der Waals surface area contributed by atoms with Crippen LogP contribution in [0.1, 0.15) is 35.9 Å². The van der Waals surface area contributed by atoms with Crippen LogP contribution in [0.5, 0.6) is 0 Å². The van der Waals surface area contributed by atoms with Crippen LogP contribution in [0.15, 0.2) is 41.8 Å². The molecule has 96 valence electrons. The predicted molar refractivity (Wildman–Crippen MR) is 80.2 cm³/mol. The van der Waals surface area contributed by atoms with E-state index in [-0.39, 0.29) is 0 Å². The summed E-state index contributed by atoms with van der Waals surface area (Å²) in [6.07, 6.45) is 1.08. The SMILES string of the molecule is Cc1ccsc1C(C)NC(C)Cc1ccccc1. The Bertz CT molecular complexity index is 475. The fraction of sp³-hybridized carbons (Fsp3) is 0.375. The number of rotatable bonds is 5. The van der Waals surface area contributed by atoms with Crippen molar-refractivity contribution in [2.75, 3.05) is 0 Å². The van der Waals surface area contributed by atoms with Crippen LogP contribution in [0.25, 0.3) is 0 Å². The lowest BCUT2D eigenvalue weighted by Gasteiger charge is -2.20. The number of nitrogens with one attached hydrogen (secondary N) is 1. The number of hydrogen-bond donors (Lipinski definition) is 1. The number of aryl methyl sites for hydroxylation is 1. The summed E-state index contributed by atoms with van der Waals surface area (Å²) < 4.78 is 0. The van der Waals surface area contributed by atoms with E-state index in [9.17, 15) is 0 Å². The molecule has 0 aliphatic heterocycles. The van der Waals surface area contributed by atoms with Crippen LogP contribution in [0.3, 0.4) is 0 Å². The van der Waals surface area contributed by atoms with Crippen molar-refractivity contribution in [2.45, 2.75) is 39.3 Å². The highest BCUT2D eigenvalue weighted by atomic mass is 32.1. The molecule has 1 aromatic carbocycles. The number of benzene rings is 1. The molecule has 1 aromatic heterocycles. The third-order valence-electron chi connectivity index (χ3n) is 3.21. The third-order valence-corrected chi connectivity index (χ3v) is 4.42. The minimum absolute atomic E-state index is 0.434. The first-order valence-corrected chi connectivity index (χ1v) is 7.38. The highest BCUT2D eigenvalue weighted by Gasteiger charge is 2.12. The van der Waals surface area contributed by atoms with Crippen LogP contribution < -0.4 is 5.32 Å². The molecule has 0 radical (unpaired) electrons. The Morgan fingerprint density at radius 3 is 2.44 bits per heavy atom. The lowest BCUT2D eigenvalue weighted by Crippen LogP contribution is -2.30. The average Bonchev–Trinajstić information content (AvgIpc) is 2.76. The van der Waals surface area contributed by atoms with Crippen LogP contribution in [0.2, 0.25) is 0 Å². The number of hydrogen-bond acceptors (Lipinski definition) is 2. The van der Waals surface area contributed by atoms with E-state index in [0.717, 1.165) is 6.42 Å². The normalized spacial score (nSPS) is 14.4. The Labute approximate surface area is 114 Å². The van der Waals surface area contributed by atoms with Gasteiger partial charge in [0.15, 0.2) is 0 Å². The maximum Gasteiger partial charge on any atom is 0.0390 e. The Balaban J connectivity index is 1.92. The van der Waals surface area contributed by atoms with Gasteiger partial charge in [0.2, 0.25) is 0 Å². The summed E-state index contributed by atoms with van der Waals surface area (Å²) in [5.74, 6) is 0. The minimum atomic E-state index is 0.434. The van der Waals surface area contributed by atoms with Crippen LogP contribution in [-0.2, 0) is 6.42 Å². The molecule has 0 amide bonds. The molecule has 2 atom stereocenters. The summed E-state index contributed by atoms with van der Waals surface area (Å²) >= 11 is 1.84. The number of thiophene rings is 1. The van der Waals surface area contributed by atoms with Gasteiger partial charge in [0.25, 0.3) is 0 Å². The summed E-state index contributed by atoms with van der Waals surface area (Å²) in [5, 5.41) is 5.85. The van der Waals surface area contributed by atoms with Gasteiger partial charge in [-0.05, 0) is 49.8 Å². The first kappa shape index (κ1) is 13.3. The summed E-state index contributed by atoms with van der Waals surface area (Å²) in [4.78, 5) is 1.45. The zero-order valence-corrected chi connectivity index (χ0v) is 12.1. The highest BCUT2D eigenvalue weighted by molar-refractivity contribution is 7.10. The molecular weight excluding hydrogens is 238 g/mol. The molecule has 1 nitrogen and oxygen atoms in total. The largest absolute Gasteiger partial charge is 0.307 e. The van der Waals surface area contributed by atoms with Gasteiger partial charge in [-0.15, -0.1) is 11.3 Å². The smallest absolute Gasteiger partial charge is 0.0390 e. The van der Waals surface area contributed by atoms with Gasteiger partial charge in [-0.3, -0.25) is 0 Å². The van der Waals surface area contributed by atoms with Crippen molar-refractivity contribution in [3.05, 3.63) is 57.8 Å². The first-order valence-electron chi connectivity index (χ1n) is 6.51. The van der Waals surface area contributed by atoms with Crippen LogP contribution >= 0.6 is 11.3 Å². The van der Waals surface area contributed by atoms with Crippen molar-refractivity contribution in [1.29, 1.82) is 0 Å². The summed E-state index contributed by atoms with van der Waals surface area (Å²) in [6, 6.07) is 13.8. The molecule has 2 unspecified atom stereocenters. The van der Waals surface area contributed by atoms with E-state index in [2.05, 4.69) is 67.9 Å². The van der Waals surface area contributed by atoms with Gasteiger partial charge in [-0.25, -0.2) is 0 Å². The Morgan fingerprint density at radius 1 is 1.11 bits per heavy atom. The second-order valence-corrected chi connectivity index (χ2v) is 5.89. The monoisotopic (exact) mass is 259 g/mol. The van der Waals surface area contributed by atoms with Gasteiger partial charge in [0.1, 0.15) is 0 Å². The van der Waals surface area contributed by atoms with E-state index in [4.69, 9.17) is 0 Å². The lowest BCUT2D eigenvalue weighted by atomic mass is 10.1. The van der Waals surface area contributed by atoms with Crippen molar-refractivity contribution in [3.63, 3.8) is 0 Å². The van der Waals surface area contributed by atoms with Crippen molar-refractivity contribution in [2.24, 2.45) is 0 Å². The summed E-state index contributed by atoms with van der Waals surface area (Å²) in [7, 11) is 0. The van der Waals surface area contributed by atoms with Crippen molar-refractivity contribution in [1.82, 2.24) is 5.32 Å². The predicted octanol–water partition coefficient (Wildman–Crippen LogP) is 4.34. The lowest BCUT2D eigenvalue weighted by molar-refractivity contribution is 0.481. The van der Waals surface area contributed by atoms with Gasteiger partial charge in [0, 0.05) is 17.0 Å². The van der Waals surface area contributed by atoms with Crippen LogP contribution in [-0.4, -0.2) is 6.04 Å². The molecule has 0 bridgehead atoms. The molecule has 0 saturated heterocycles. The Kier molecular flexibility index (Phi) is 4.56. The maximum absolute atomic E-state index is 3.68. The molecular formula is C16H21NS. The quantitative estimate of drug-likeness (QED) is 0.842. The van der Waals surface area contributed by atoms with Gasteiger partial charge in [-0.2, -0.15) is 0 Å². The van der Waals surface area contributed by atoms with Gasteiger partial charge >= 0.3 is 0 Å². The fourth-order valence-corrected chi connectivity index (χ4v) is 3.30. The average molecular weight is 259 g/mol. The molecule has 2 heteroatoms. The van der Waals surface area contributed by atoms with Crippen molar-refractivity contribution >= 4 is 11.3 Å². The molecule has 0 fully saturated rings. The van der Waals surface area contributed by atoms with E-state index < -0.39 is 0 Å². The third kappa shape index (κ3) is 3.44. The molecule has 18 heavy (non-hydrogen) atoms. The fourth-order valence-electron chi connectivity index (χ4n) is 2.36. The van der Waals surface area contributed by atoms with E-state index in [1.54, 1.807) is 0 Å². The Hall–Kier alpha value is -1.12. The molecule has 2 aromatic rings. The van der Waals surface area contributed by atoms with Crippen molar-refractivity contribution in [3.8, 4) is 0 Å².